The highest BCUT2D eigenvalue weighted by atomic mass is 16.1. The molecular formula is C10H19N3O. The standard InChI is InChI=1S/C10H19N3O/c1-9(2)8-13(6-3-5-11)7-4-10(12)14/h9H,3-4,6-8H2,1-2H3,(H2,12,14). The van der Waals surface area contributed by atoms with Crippen molar-refractivity contribution < 1.29 is 4.79 Å². The monoisotopic (exact) mass is 197 g/mol. The van der Waals surface area contributed by atoms with Crippen LogP contribution in [0.4, 0.5) is 0 Å². The molecular weight excluding hydrogens is 178 g/mol. The van der Waals surface area contributed by atoms with Gasteiger partial charge < -0.3 is 10.6 Å². The Balaban J connectivity index is 3.85. The summed E-state index contributed by atoms with van der Waals surface area (Å²) in [7, 11) is 0. The molecule has 0 bridgehead atoms. The number of amides is 1. The first-order valence-electron chi connectivity index (χ1n) is 4.94. The zero-order chi connectivity index (χ0) is 11.0. The van der Waals surface area contributed by atoms with Crippen LogP contribution in [0.5, 0.6) is 0 Å². The van der Waals surface area contributed by atoms with Crippen molar-refractivity contribution in [2.75, 3.05) is 19.6 Å². The van der Waals surface area contributed by atoms with Gasteiger partial charge in [0.1, 0.15) is 0 Å². The molecule has 14 heavy (non-hydrogen) atoms. The van der Waals surface area contributed by atoms with Crippen LogP contribution >= 0.6 is 0 Å². The largest absolute Gasteiger partial charge is 0.370 e. The predicted octanol–water partition coefficient (Wildman–Crippen LogP) is 0.733. The molecule has 1 amide bonds. The predicted molar refractivity (Wildman–Crippen MR) is 55.3 cm³/mol. The van der Waals surface area contributed by atoms with E-state index in [9.17, 15) is 4.79 Å². The third kappa shape index (κ3) is 7.56. The van der Waals surface area contributed by atoms with E-state index in [2.05, 4.69) is 24.8 Å². The molecule has 0 aromatic rings. The topological polar surface area (TPSA) is 70.1 Å². The van der Waals surface area contributed by atoms with Gasteiger partial charge in [0.2, 0.25) is 5.91 Å². The summed E-state index contributed by atoms with van der Waals surface area (Å²) >= 11 is 0. The maximum Gasteiger partial charge on any atom is 0.218 e. The number of nitrogens with zero attached hydrogens (tertiary/aromatic N) is 2. The number of carbonyl (C=O) groups is 1. The van der Waals surface area contributed by atoms with E-state index in [-0.39, 0.29) is 5.91 Å². The molecule has 0 aliphatic carbocycles. The zero-order valence-electron chi connectivity index (χ0n) is 8.99. The summed E-state index contributed by atoms with van der Waals surface area (Å²) in [4.78, 5) is 12.7. The van der Waals surface area contributed by atoms with E-state index in [1.165, 1.54) is 0 Å². The fraction of sp³-hybridized carbons (Fsp3) is 0.800. The molecule has 0 aliphatic rings. The van der Waals surface area contributed by atoms with Crippen molar-refractivity contribution in [3.8, 4) is 6.07 Å². The van der Waals surface area contributed by atoms with Crippen LogP contribution < -0.4 is 5.73 Å². The summed E-state index contributed by atoms with van der Waals surface area (Å²) in [5.74, 6) is 0.261. The van der Waals surface area contributed by atoms with Gasteiger partial charge in [0.25, 0.3) is 0 Å². The average molecular weight is 197 g/mol. The Labute approximate surface area is 85.7 Å². The second-order valence-electron chi connectivity index (χ2n) is 3.82. The molecule has 0 fully saturated rings. The van der Waals surface area contributed by atoms with Crippen molar-refractivity contribution in [3.05, 3.63) is 0 Å². The zero-order valence-corrected chi connectivity index (χ0v) is 8.99. The van der Waals surface area contributed by atoms with Gasteiger partial charge in [-0.25, -0.2) is 0 Å². The van der Waals surface area contributed by atoms with Crippen LogP contribution in [0.1, 0.15) is 26.7 Å². The first-order valence-corrected chi connectivity index (χ1v) is 4.94. The molecule has 0 heterocycles. The van der Waals surface area contributed by atoms with Crippen molar-refractivity contribution in [2.24, 2.45) is 11.7 Å². The third-order valence-electron chi connectivity index (χ3n) is 1.84. The highest BCUT2D eigenvalue weighted by Gasteiger charge is 2.07. The number of rotatable bonds is 7. The average Bonchev–Trinajstić information content (AvgIpc) is 2.09. The first kappa shape index (κ1) is 12.9. The molecule has 0 rings (SSSR count). The summed E-state index contributed by atoms with van der Waals surface area (Å²) in [5, 5.41) is 8.46. The van der Waals surface area contributed by atoms with Crippen LogP contribution in [0.25, 0.3) is 0 Å². The van der Waals surface area contributed by atoms with Gasteiger partial charge >= 0.3 is 0 Å². The van der Waals surface area contributed by atoms with Gasteiger partial charge in [0, 0.05) is 32.5 Å². The lowest BCUT2D eigenvalue weighted by molar-refractivity contribution is -0.118. The Hall–Kier alpha value is -1.08. The van der Waals surface area contributed by atoms with Crippen LogP contribution in [-0.4, -0.2) is 30.4 Å². The van der Waals surface area contributed by atoms with Gasteiger partial charge in [0.15, 0.2) is 0 Å². The number of hydrogen-bond donors (Lipinski definition) is 1. The molecule has 0 atom stereocenters. The Morgan fingerprint density at radius 1 is 1.50 bits per heavy atom. The third-order valence-corrected chi connectivity index (χ3v) is 1.84. The van der Waals surface area contributed by atoms with Crippen molar-refractivity contribution in [1.82, 2.24) is 4.90 Å². The second kappa shape index (κ2) is 7.34. The maximum absolute atomic E-state index is 10.6. The lowest BCUT2D eigenvalue weighted by Crippen LogP contribution is -2.32. The van der Waals surface area contributed by atoms with Gasteiger partial charge in [-0.15, -0.1) is 0 Å². The molecule has 2 N–H and O–H groups in total. The fourth-order valence-corrected chi connectivity index (χ4v) is 1.29. The number of primary amides is 1. The van der Waals surface area contributed by atoms with E-state index >= 15 is 0 Å². The SMILES string of the molecule is CC(C)CN(CCC#N)CCC(N)=O. The van der Waals surface area contributed by atoms with E-state index in [0.29, 0.717) is 25.3 Å². The molecule has 0 unspecified atom stereocenters. The molecule has 0 saturated heterocycles. The van der Waals surface area contributed by atoms with E-state index in [1.807, 2.05) is 0 Å². The Morgan fingerprint density at radius 2 is 2.14 bits per heavy atom. The number of nitrogens with two attached hydrogens (primary N) is 1. The number of carbonyl (C=O) groups excluding carboxylic acids is 1. The molecule has 4 nitrogen and oxygen atoms in total. The van der Waals surface area contributed by atoms with Crippen LogP contribution in [0.2, 0.25) is 0 Å². The minimum Gasteiger partial charge on any atom is -0.370 e. The smallest absolute Gasteiger partial charge is 0.218 e. The fourth-order valence-electron chi connectivity index (χ4n) is 1.29. The highest BCUT2D eigenvalue weighted by molar-refractivity contribution is 5.73. The van der Waals surface area contributed by atoms with E-state index in [1.54, 1.807) is 0 Å². The molecule has 0 radical (unpaired) electrons. The van der Waals surface area contributed by atoms with Crippen LogP contribution in [0.3, 0.4) is 0 Å². The first-order chi connectivity index (χ1) is 6.56. The molecule has 0 aromatic heterocycles. The lowest BCUT2D eigenvalue weighted by Gasteiger charge is -2.22. The van der Waals surface area contributed by atoms with Gasteiger partial charge in [-0.2, -0.15) is 5.26 Å². The van der Waals surface area contributed by atoms with Gasteiger partial charge in [0.05, 0.1) is 6.07 Å². The van der Waals surface area contributed by atoms with Crippen LogP contribution in [0, 0.1) is 17.2 Å². The second-order valence-corrected chi connectivity index (χ2v) is 3.82. The van der Waals surface area contributed by atoms with Crippen LogP contribution in [0.15, 0.2) is 0 Å². The summed E-state index contributed by atoms with van der Waals surface area (Å²) in [6.45, 7) is 6.53. The maximum atomic E-state index is 10.6. The van der Waals surface area contributed by atoms with Crippen molar-refractivity contribution in [2.45, 2.75) is 26.7 Å². The van der Waals surface area contributed by atoms with E-state index in [0.717, 1.165) is 13.1 Å². The van der Waals surface area contributed by atoms with Crippen LogP contribution in [-0.2, 0) is 4.79 Å². The Bertz CT molecular complexity index is 208. The molecule has 80 valence electrons. The summed E-state index contributed by atoms with van der Waals surface area (Å²) in [6, 6.07) is 2.10. The van der Waals surface area contributed by atoms with Crippen molar-refractivity contribution in [3.63, 3.8) is 0 Å². The minimum atomic E-state index is -0.282. The summed E-state index contributed by atoms with van der Waals surface area (Å²) in [5.41, 5.74) is 5.07. The minimum absolute atomic E-state index is 0.282. The van der Waals surface area contributed by atoms with Crippen molar-refractivity contribution in [1.29, 1.82) is 5.26 Å². The number of nitriles is 1. The van der Waals surface area contributed by atoms with E-state index in [4.69, 9.17) is 11.0 Å². The van der Waals surface area contributed by atoms with Gasteiger partial charge in [-0.3, -0.25) is 4.79 Å². The molecule has 0 aliphatic heterocycles. The number of hydrogen-bond acceptors (Lipinski definition) is 3. The van der Waals surface area contributed by atoms with Crippen molar-refractivity contribution >= 4 is 5.91 Å². The molecule has 0 saturated carbocycles. The molecule has 0 aromatic carbocycles. The quantitative estimate of drug-likeness (QED) is 0.654. The summed E-state index contributed by atoms with van der Waals surface area (Å²) in [6.07, 6.45) is 0.879. The Kier molecular flexibility index (Phi) is 6.77. The molecule has 0 spiro atoms. The molecule has 4 heteroatoms. The van der Waals surface area contributed by atoms with Gasteiger partial charge in [-0.1, -0.05) is 13.8 Å². The highest BCUT2D eigenvalue weighted by Crippen LogP contribution is 2.00. The lowest BCUT2D eigenvalue weighted by atomic mass is 10.2. The van der Waals surface area contributed by atoms with E-state index < -0.39 is 0 Å². The summed E-state index contributed by atoms with van der Waals surface area (Å²) < 4.78 is 0. The van der Waals surface area contributed by atoms with Gasteiger partial charge in [-0.05, 0) is 5.92 Å². The normalized spacial score (nSPS) is 10.5. The Morgan fingerprint density at radius 3 is 2.57 bits per heavy atom.